The van der Waals surface area contributed by atoms with E-state index in [0.717, 1.165) is 28.1 Å². The summed E-state index contributed by atoms with van der Waals surface area (Å²) in [4.78, 5) is 17.4. The second-order valence-electron chi connectivity index (χ2n) is 5.44. The molecule has 0 amide bonds. The predicted molar refractivity (Wildman–Crippen MR) is 93.9 cm³/mol. The maximum atomic E-state index is 13.2. The quantitative estimate of drug-likeness (QED) is 0.559. The number of pyridine rings is 2. The summed E-state index contributed by atoms with van der Waals surface area (Å²) >= 11 is 0. The van der Waals surface area contributed by atoms with Crippen molar-refractivity contribution in [3.63, 3.8) is 0 Å². The van der Waals surface area contributed by atoms with Gasteiger partial charge in [-0.25, -0.2) is 14.4 Å². The summed E-state index contributed by atoms with van der Waals surface area (Å²) in [5.74, 6) is 0.317. The molecular weight excluding hydrogens is 315 g/mol. The van der Waals surface area contributed by atoms with Crippen LogP contribution in [0.25, 0.3) is 33.9 Å². The van der Waals surface area contributed by atoms with E-state index in [4.69, 9.17) is 0 Å². The fourth-order valence-corrected chi connectivity index (χ4v) is 2.52. The van der Waals surface area contributed by atoms with Crippen LogP contribution in [-0.4, -0.2) is 19.9 Å². The SMILES string of the molecule is Fc1ccc(-c2cc(-c3ccncc3)nc(-c3ccncc3)n2)cc1. The molecule has 0 spiro atoms. The fourth-order valence-electron chi connectivity index (χ4n) is 2.52. The number of aromatic nitrogens is 4. The normalized spacial score (nSPS) is 10.6. The van der Waals surface area contributed by atoms with Gasteiger partial charge in [-0.3, -0.25) is 9.97 Å². The molecule has 0 fully saturated rings. The summed E-state index contributed by atoms with van der Waals surface area (Å²) in [5, 5.41) is 0. The van der Waals surface area contributed by atoms with E-state index in [1.54, 1.807) is 36.9 Å². The summed E-state index contributed by atoms with van der Waals surface area (Å²) in [7, 11) is 0. The van der Waals surface area contributed by atoms with Gasteiger partial charge in [0.2, 0.25) is 0 Å². The highest BCUT2D eigenvalue weighted by atomic mass is 19.1. The third-order valence-electron chi connectivity index (χ3n) is 3.78. The molecule has 1 aromatic carbocycles. The summed E-state index contributed by atoms with van der Waals surface area (Å²) in [6.45, 7) is 0. The first kappa shape index (κ1) is 15.1. The van der Waals surface area contributed by atoms with Crippen LogP contribution >= 0.6 is 0 Å². The maximum Gasteiger partial charge on any atom is 0.160 e. The van der Waals surface area contributed by atoms with Crippen LogP contribution in [-0.2, 0) is 0 Å². The van der Waals surface area contributed by atoms with Crippen LogP contribution in [0.15, 0.2) is 79.4 Å². The summed E-state index contributed by atoms with van der Waals surface area (Å²) < 4.78 is 13.2. The highest BCUT2D eigenvalue weighted by Gasteiger charge is 2.10. The molecule has 0 radical (unpaired) electrons. The molecule has 4 nitrogen and oxygen atoms in total. The van der Waals surface area contributed by atoms with E-state index in [9.17, 15) is 4.39 Å². The minimum atomic E-state index is -0.276. The smallest absolute Gasteiger partial charge is 0.160 e. The van der Waals surface area contributed by atoms with Crippen LogP contribution in [0.4, 0.5) is 4.39 Å². The molecule has 120 valence electrons. The second kappa shape index (κ2) is 6.57. The molecule has 0 unspecified atom stereocenters. The number of halogens is 1. The lowest BCUT2D eigenvalue weighted by Crippen LogP contribution is -1.96. The molecule has 0 N–H and O–H groups in total. The van der Waals surface area contributed by atoms with Crippen LogP contribution < -0.4 is 0 Å². The molecule has 0 atom stereocenters. The molecule has 4 aromatic rings. The molecule has 3 heterocycles. The zero-order valence-corrected chi connectivity index (χ0v) is 13.2. The Labute approximate surface area is 144 Å². The van der Waals surface area contributed by atoms with Crippen LogP contribution in [0.1, 0.15) is 0 Å². The highest BCUT2D eigenvalue weighted by molar-refractivity contribution is 5.71. The Morgan fingerprint density at radius 1 is 0.560 bits per heavy atom. The van der Waals surface area contributed by atoms with Crippen LogP contribution in [0, 0.1) is 5.82 Å². The maximum absolute atomic E-state index is 13.2. The van der Waals surface area contributed by atoms with E-state index >= 15 is 0 Å². The van der Waals surface area contributed by atoms with Crippen molar-refractivity contribution in [2.75, 3.05) is 0 Å². The Bertz CT molecular complexity index is 929. The molecule has 0 bridgehead atoms. The summed E-state index contributed by atoms with van der Waals surface area (Å²) in [5.41, 5.74) is 4.15. The van der Waals surface area contributed by atoms with Gasteiger partial charge in [0.1, 0.15) is 5.82 Å². The van der Waals surface area contributed by atoms with Crippen LogP contribution in [0.2, 0.25) is 0 Å². The van der Waals surface area contributed by atoms with Gasteiger partial charge in [0.05, 0.1) is 11.4 Å². The third-order valence-corrected chi connectivity index (χ3v) is 3.78. The van der Waals surface area contributed by atoms with Gasteiger partial charge < -0.3 is 0 Å². The molecule has 4 rings (SSSR count). The molecular formula is C20H13FN4. The average molecular weight is 328 g/mol. The van der Waals surface area contributed by atoms with E-state index < -0.39 is 0 Å². The summed E-state index contributed by atoms with van der Waals surface area (Å²) in [6.07, 6.45) is 6.85. The molecule has 25 heavy (non-hydrogen) atoms. The van der Waals surface area contributed by atoms with E-state index in [1.165, 1.54) is 12.1 Å². The topological polar surface area (TPSA) is 51.6 Å². The minimum absolute atomic E-state index is 0.276. The first-order valence-electron chi connectivity index (χ1n) is 7.75. The van der Waals surface area contributed by atoms with Gasteiger partial charge in [-0.05, 0) is 54.6 Å². The fraction of sp³-hybridized carbons (Fsp3) is 0. The van der Waals surface area contributed by atoms with Gasteiger partial charge in [0.15, 0.2) is 5.82 Å². The minimum Gasteiger partial charge on any atom is -0.265 e. The van der Waals surface area contributed by atoms with E-state index in [2.05, 4.69) is 19.9 Å². The third kappa shape index (κ3) is 3.26. The van der Waals surface area contributed by atoms with Crippen molar-refractivity contribution in [2.45, 2.75) is 0 Å². The number of benzene rings is 1. The Morgan fingerprint density at radius 2 is 1.04 bits per heavy atom. The zero-order chi connectivity index (χ0) is 17.1. The summed E-state index contributed by atoms with van der Waals surface area (Å²) in [6, 6.07) is 15.7. The van der Waals surface area contributed by atoms with Crippen molar-refractivity contribution >= 4 is 0 Å². The van der Waals surface area contributed by atoms with Gasteiger partial charge in [0, 0.05) is 41.5 Å². The van der Waals surface area contributed by atoms with Gasteiger partial charge in [-0.2, -0.15) is 0 Å². The number of hydrogen-bond donors (Lipinski definition) is 0. The van der Waals surface area contributed by atoms with Crippen molar-refractivity contribution in [3.05, 3.63) is 85.2 Å². The van der Waals surface area contributed by atoms with Crippen LogP contribution in [0.3, 0.4) is 0 Å². The second-order valence-corrected chi connectivity index (χ2v) is 5.44. The van der Waals surface area contributed by atoms with Crippen LogP contribution in [0.5, 0.6) is 0 Å². The van der Waals surface area contributed by atoms with Crippen molar-refractivity contribution in [1.29, 1.82) is 0 Å². The van der Waals surface area contributed by atoms with Gasteiger partial charge in [-0.15, -0.1) is 0 Å². The zero-order valence-electron chi connectivity index (χ0n) is 13.2. The van der Waals surface area contributed by atoms with Gasteiger partial charge in [-0.1, -0.05) is 0 Å². The monoisotopic (exact) mass is 328 g/mol. The van der Waals surface area contributed by atoms with Crippen molar-refractivity contribution in [1.82, 2.24) is 19.9 Å². The Kier molecular flexibility index (Phi) is 3.96. The van der Waals surface area contributed by atoms with Crippen molar-refractivity contribution in [3.8, 4) is 33.9 Å². The lowest BCUT2D eigenvalue weighted by Gasteiger charge is -2.09. The van der Waals surface area contributed by atoms with E-state index in [-0.39, 0.29) is 5.82 Å². The van der Waals surface area contributed by atoms with E-state index in [1.807, 2.05) is 30.3 Å². The molecule has 5 heteroatoms. The van der Waals surface area contributed by atoms with Gasteiger partial charge in [0.25, 0.3) is 0 Å². The first-order valence-corrected chi connectivity index (χ1v) is 7.75. The van der Waals surface area contributed by atoms with Gasteiger partial charge >= 0.3 is 0 Å². The average Bonchev–Trinajstić information content (AvgIpc) is 2.69. The van der Waals surface area contributed by atoms with Crippen molar-refractivity contribution in [2.24, 2.45) is 0 Å². The Hall–Kier alpha value is -3.47. The highest BCUT2D eigenvalue weighted by Crippen LogP contribution is 2.27. The molecule has 0 saturated heterocycles. The standard InChI is InChI=1S/C20H13FN4/c21-17-3-1-14(2-4-17)18-13-19(15-5-9-22-10-6-15)25-20(24-18)16-7-11-23-12-8-16/h1-13H. The van der Waals surface area contributed by atoms with E-state index in [0.29, 0.717) is 5.82 Å². The predicted octanol–water partition coefficient (Wildman–Crippen LogP) is 4.41. The number of hydrogen-bond acceptors (Lipinski definition) is 4. The van der Waals surface area contributed by atoms with Crippen molar-refractivity contribution < 1.29 is 4.39 Å². The molecule has 0 aliphatic rings. The number of rotatable bonds is 3. The largest absolute Gasteiger partial charge is 0.265 e. The Morgan fingerprint density at radius 3 is 1.60 bits per heavy atom. The lowest BCUT2D eigenvalue weighted by atomic mass is 10.1. The Balaban J connectivity index is 1.90. The molecule has 0 aliphatic carbocycles. The number of nitrogens with zero attached hydrogens (tertiary/aromatic N) is 4. The lowest BCUT2D eigenvalue weighted by molar-refractivity contribution is 0.628. The molecule has 0 saturated carbocycles. The molecule has 0 aliphatic heterocycles. The molecule has 3 aromatic heterocycles. The first-order chi connectivity index (χ1) is 12.3.